The molecule has 3 heteroatoms. The maximum Gasteiger partial charge on any atom is 0.303 e. The van der Waals surface area contributed by atoms with Gasteiger partial charge in [0.05, 0.1) is 0 Å². The standard InChI is InChI=1S/C13H22O3/c1-5-6-7-8-12(16-11(2)14)9-10-13(3,4)15/h12,15H,5-8H2,1-4H3/t12-/m0/s1. The monoisotopic (exact) mass is 226 g/mol. The third-order valence-corrected chi connectivity index (χ3v) is 1.92. The zero-order chi connectivity index (χ0) is 12.6. The van der Waals surface area contributed by atoms with E-state index < -0.39 is 11.7 Å². The molecule has 0 heterocycles. The maximum absolute atomic E-state index is 10.9. The van der Waals surface area contributed by atoms with Crippen molar-refractivity contribution in [2.24, 2.45) is 0 Å². The Kier molecular flexibility index (Phi) is 6.83. The lowest BCUT2D eigenvalue weighted by molar-refractivity contribution is -0.144. The van der Waals surface area contributed by atoms with Crippen molar-refractivity contribution in [1.82, 2.24) is 0 Å². The molecule has 0 bridgehead atoms. The van der Waals surface area contributed by atoms with Crippen LogP contribution in [0, 0.1) is 11.8 Å². The minimum atomic E-state index is -1.04. The van der Waals surface area contributed by atoms with E-state index >= 15 is 0 Å². The van der Waals surface area contributed by atoms with Crippen molar-refractivity contribution in [3.8, 4) is 11.8 Å². The van der Waals surface area contributed by atoms with E-state index in [0.29, 0.717) is 0 Å². The number of carbonyl (C=O) groups excluding carboxylic acids is 1. The van der Waals surface area contributed by atoms with Crippen LogP contribution in [-0.2, 0) is 9.53 Å². The largest absolute Gasteiger partial charge is 0.449 e. The van der Waals surface area contributed by atoms with Crippen LogP contribution in [0.15, 0.2) is 0 Å². The molecule has 0 aromatic rings. The van der Waals surface area contributed by atoms with E-state index in [1.807, 2.05) is 0 Å². The summed E-state index contributed by atoms with van der Waals surface area (Å²) in [5.41, 5.74) is -1.04. The third-order valence-electron chi connectivity index (χ3n) is 1.92. The summed E-state index contributed by atoms with van der Waals surface area (Å²) in [7, 11) is 0. The summed E-state index contributed by atoms with van der Waals surface area (Å²) < 4.78 is 5.07. The molecule has 0 aromatic heterocycles. The Labute approximate surface area is 98.2 Å². The first-order valence-corrected chi connectivity index (χ1v) is 5.77. The summed E-state index contributed by atoms with van der Waals surface area (Å²) in [5, 5.41) is 9.46. The van der Waals surface area contributed by atoms with Crippen LogP contribution in [0.2, 0.25) is 0 Å². The number of carbonyl (C=O) groups is 1. The number of hydrogen-bond acceptors (Lipinski definition) is 3. The smallest absolute Gasteiger partial charge is 0.303 e. The van der Waals surface area contributed by atoms with Crippen LogP contribution in [0.4, 0.5) is 0 Å². The zero-order valence-electron chi connectivity index (χ0n) is 10.7. The SMILES string of the molecule is CCCCC[C@@H](C#CC(C)(C)O)OC(C)=O. The predicted molar refractivity (Wildman–Crippen MR) is 63.8 cm³/mol. The second-order valence-corrected chi connectivity index (χ2v) is 4.42. The van der Waals surface area contributed by atoms with Crippen LogP contribution >= 0.6 is 0 Å². The highest BCUT2D eigenvalue weighted by molar-refractivity contribution is 5.66. The number of aliphatic hydroxyl groups is 1. The molecule has 0 unspecified atom stereocenters. The number of esters is 1. The fourth-order valence-corrected chi connectivity index (χ4v) is 1.20. The van der Waals surface area contributed by atoms with E-state index in [4.69, 9.17) is 4.74 Å². The van der Waals surface area contributed by atoms with Crippen LogP contribution in [0.3, 0.4) is 0 Å². The molecule has 92 valence electrons. The molecule has 0 amide bonds. The first-order chi connectivity index (χ1) is 7.35. The van der Waals surface area contributed by atoms with E-state index in [1.165, 1.54) is 6.92 Å². The Morgan fingerprint density at radius 1 is 1.44 bits per heavy atom. The van der Waals surface area contributed by atoms with Crippen molar-refractivity contribution >= 4 is 5.97 Å². The topological polar surface area (TPSA) is 46.5 Å². The molecule has 1 atom stereocenters. The van der Waals surface area contributed by atoms with Crippen molar-refractivity contribution in [3.63, 3.8) is 0 Å². The molecule has 0 aromatic carbocycles. The molecule has 0 saturated heterocycles. The van der Waals surface area contributed by atoms with Crippen LogP contribution in [-0.4, -0.2) is 22.8 Å². The van der Waals surface area contributed by atoms with E-state index in [-0.39, 0.29) is 5.97 Å². The van der Waals surface area contributed by atoms with Crippen LogP contribution in [0.5, 0.6) is 0 Å². The first kappa shape index (κ1) is 15.0. The molecule has 16 heavy (non-hydrogen) atoms. The molecular formula is C13H22O3. The molecule has 0 aliphatic rings. The quantitative estimate of drug-likeness (QED) is 0.444. The van der Waals surface area contributed by atoms with Gasteiger partial charge in [0, 0.05) is 6.92 Å². The molecule has 0 saturated carbocycles. The van der Waals surface area contributed by atoms with Gasteiger partial charge in [-0.05, 0) is 26.7 Å². The molecule has 0 rings (SSSR count). The van der Waals surface area contributed by atoms with E-state index in [0.717, 1.165) is 25.7 Å². The van der Waals surface area contributed by atoms with E-state index in [2.05, 4.69) is 18.8 Å². The van der Waals surface area contributed by atoms with Gasteiger partial charge in [-0.2, -0.15) is 0 Å². The van der Waals surface area contributed by atoms with Gasteiger partial charge in [-0.3, -0.25) is 4.79 Å². The number of unbranched alkanes of at least 4 members (excludes halogenated alkanes) is 2. The van der Waals surface area contributed by atoms with Crippen molar-refractivity contribution in [2.75, 3.05) is 0 Å². The van der Waals surface area contributed by atoms with Crippen LogP contribution in [0.25, 0.3) is 0 Å². The van der Waals surface area contributed by atoms with Gasteiger partial charge in [-0.1, -0.05) is 31.6 Å². The first-order valence-electron chi connectivity index (χ1n) is 5.77. The Hall–Kier alpha value is -1.01. The highest BCUT2D eigenvalue weighted by Gasteiger charge is 2.11. The summed E-state index contributed by atoms with van der Waals surface area (Å²) in [6, 6.07) is 0. The zero-order valence-corrected chi connectivity index (χ0v) is 10.7. The predicted octanol–water partition coefficient (Wildman–Crippen LogP) is 2.27. The van der Waals surface area contributed by atoms with Gasteiger partial charge in [0.1, 0.15) is 5.60 Å². The average Bonchev–Trinajstić information content (AvgIpc) is 2.12. The number of hydrogen-bond donors (Lipinski definition) is 1. The molecule has 0 spiro atoms. The lowest BCUT2D eigenvalue weighted by Crippen LogP contribution is -2.19. The Bertz CT molecular complexity index is 265. The highest BCUT2D eigenvalue weighted by atomic mass is 16.5. The fraction of sp³-hybridized carbons (Fsp3) is 0.769. The van der Waals surface area contributed by atoms with Crippen molar-refractivity contribution in [1.29, 1.82) is 0 Å². The fourth-order valence-electron chi connectivity index (χ4n) is 1.20. The summed E-state index contributed by atoms with van der Waals surface area (Å²) in [6.07, 6.45) is 3.54. The van der Waals surface area contributed by atoms with Crippen LogP contribution in [0.1, 0.15) is 53.4 Å². The van der Waals surface area contributed by atoms with Gasteiger partial charge in [0.25, 0.3) is 0 Å². The van der Waals surface area contributed by atoms with Gasteiger partial charge in [0.15, 0.2) is 6.10 Å². The molecule has 3 nitrogen and oxygen atoms in total. The number of ether oxygens (including phenoxy) is 1. The maximum atomic E-state index is 10.9. The Morgan fingerprint density at radius 3 is 2.50 bits per heavy atom. The van der Waals surface area contributed by atoms with Gasteiger partial charge >= 0.3 is 5.97 Å². The summed E-state index contributed by atoms with van der Waals surface area (Å²) in [6.45, 7) is 6.70. The summed E-state index contributed by atoms with van der Waals surface area (Å²) in [5.74, 6) is 5.16. The molecule has 0 fully saturated rings. The molecular weight excluding hydrogens is 204 g/mol. The van der Waals surface area contributed by atoms with Gasteiger partial charge in [-0.25, -0.2) is 0 Å². The minimum Gasteiger partial charge on any atom is -0.449 e. The third kappa shape index (κ3) is 9.54. The van der Waals surface area contributed by atoms with Crippen molar-refractivity contribution in [2.45, 2.75) is 65.1 Å². The second kappa shape index (κ2) is 7.29. The molecule has 1 N–H and O–H groups in total. The average molecular weight is 226 g/mol. The van der Waals surface area contributed by atoms with Crippen molar-refractivity contribution < 1.29 is 14.6 Å². The van der Waals surface area contributed by atoms with Gasteiger partial charge in [0.2, 0.25) is 0 Å². The van der Waals surface area contributed by atoms with E-state index in [1.54, 1.807) is 13.8 Å². The highest BCUT2D eigenvalue weighted by Crippen LogP contribution is 2.07. The van der Waals surface area contributed by atoms with E-state index in [9.17, 15) is 9.90 Å². The van der Waals surface area contributed by atoms with Gasteiger partial charge in [-0.15, -0.1) is 0 Å². The number of rotatable bonds is 5. The van der Waals surface area contributed by atoms with Crippen LogP contribution < -0.4 is 0 Å². The minimum absolute atomic E-state index is 0.327. The molecule has 0 aliphatic heterocycles. The lowest BCUT2D eigenvalue weighted by atomic mass is 10.1. The molecule has 0 radical (unpaired) electrons. The van der Waals surface area contributed by atoms with Gasteiger partial charge < -0.3 is 9.84 Å². The molecule has 0 aliphatic carbocycles. The lowest BCUT2D eigenvalue weighted by Gasteiger charge is -2.12. The second-order valence-electron chi connectivity index (χ2n) is 4.42. The van der Waals surface area contributed by atoms with Crippen molar-refractivity contribution in [3.05, 3.63) is 0 Å². The Balaban J connectivity index is 4.29. The normalized spacial score (nSPS) is 12.6. The Morgan fingerprint density at radius 2 is 2.06 bits per heavy atom. The summed E-state index contributed by atoms with van der Waals surface area (Å²) in [4.78, 5) is 10.9. The summed E-state index contributed by atoms with van der Waals surface area (Å²) >= 11 is 0.